The molecule has 2 heterocycles. The first-order chi connectivity index (χ1) is 15.2. The van der Waals surface area contributed by atoms with Crippen LogP contribution in [0.25, 0.3) is 22.5 Å². The molecular formula is C23H24N6O2. The summed E-state index contributed by atoms with van der Waals surface area (Å²) in [6.07, 6.45) is 4.19. The van der Waals surface area contributed by atoms with Crippen molar-refractivity contribution in [3.05, 3.63) is 82.0 Å². The summed E-state index contributed by atoms with van der Waals surface area (Å²) in [5, 5.41) is 23.8. The van der Waals surface area contributed by atoms with Gasteiger partial charge in [-0.3, -0.25) is 9.36 Å². The minimum atomic E-state index is -0.314. The summed E-state index contributed by atoms with van der Waals surface area (Å²) in [5.74, 6) is 1.29. The topological polar surface area (TPSA) is 110 Å². The maximum absolute atomic E-state index is 12.8. The number of tetrazole rings is 1. The van der Waals surface area contributed by atoms with Crippen molar-refractivity contribution in [3.8, 4) is 22.5 Å². The highest BCUT2D eigenvalue weighted by Crippen LogP contribution is 2.29. The van der Waals surface area contributed by atoms with Gasteiger partial charge in [-0.05, 0) is 28.3 Å². The molecule has 8 heteroatoms. The van der Waals surface area contributed by atoms with Gasteiger partial charge < -0.3 is 5.11 Å². The fourth-order valence-corrected chi connectivity index (χ4v) is 3.55. The number of unbranched alkanes of at least 4 members (excludes halogenated alkanes) is 1. The summed E-state index contributed by atoms with van der Waals surface area (Å²) in [6.45, 7) is 2.20. The summed E-state index contributed by atoms with van der Waals surface area (Å²) in [4.78, 5) is 17.2. The largest absolute Gasteiger partial charge is 0.391 e. The van der Waals surface area contributed by atoms with Crippen LogP contribution in [0.2, 0.25) is 0 Å². The molecule has 0 aliphatic carbocycles. The Bertz CT molecular complexity index is 1200. The third kappa shape index (κ3) is 4.44. The molecule has 4 rings (SSSR count). The Morgan fingerprint density at radius 1 is 1.06 bits per heavy atom. The summed E-state index contributed by atoms with van der Waals surface area (Å²) < 4.78 is 1.67. The van der Waals surface area contributed by atoms with Gasteiger partial charge in [0.05, 0.1) is 18.7 Å². The lowest BCUT2D eigenvalue weighted by atomic mass is 9.98. The number of benzene rings is 2. The number of aliphatic hydroxyl groups is 1. The number of aromatic amines is 1. The van der Waals surface area contributed by atoms with Gasteiger partial charge >= 0.3 is 0 Å². The van der Waals surface area contributed by atoms with Gasteiger partial charge in [-0.1, -0.05) is 61.9 Å². The Kier molecular flexibility index (Phi) is 6.28. The molecule has 0 radical (unpaired) electrons. The number of nitrogens with zero attached hydrogens (tertiary/aromatic N) is 5. The standard InChI is InChI=1S/C23H24N6O2/c1-2-3-8-21-24-13-18(15-30)23(31)29(21)14-16-9-11-17(12-10-16)19-6-4-5-7-20(19)22-25-27-28-26-22/h4-7,9-13,30H,2-3,8,14-15H2,1H3,(H,25,26,27,28). The molecule has 31 heavy (non-hydrogen) atoms. The maximum Gasteiger partial charge on any atom is 0.259 e. The highest BCUT2D eigenvalue weighted by Gasteiger charge is 2.12. The first kappa shape index (κ1) is 20.6. The predicted molar refractivity (Wildman–Crippen MR) is 117 cm³/mol. The molecule has 2 aromatic carbocycles. The molecule has 8 nitrogen and oxygen atoms in total. The van der Waals surface area contributed by atoms with Gasteiger partial charge in [-0.2, -0.15) is 5.21 Å². The first-order valence-electron chi connectivity index (χ1n) is 10.3. The van der Waals surface area contributed by atoms with Gasteiger partial charge in [0.25, 0.3) is 5.56 Å². The van der Waals surface area contributed by atoms with E-state index in [9.17, 15) is 9.90 Å². The van der Waals surface area contributed by atoms with Crippen LogP contribution >= 0.6 is 0 Å². The van der Waals surface area contributed by atoms with Crippen LogP contribution in [0, 0.1) is 0 Å². The van der Waals surface area contributed by atoms with Crippen molar-refractivity contribution in [1.82, 2.24) is 30.2 Å². The third-order valence-corrected chi connectivity index (χ3v) is 5.24. The van der Waals surface area contributed by atoms with Crippen molar-refractivity contribution in [2.75, 3.05) is 0 Å². The second-order valence-electron chi connectivity index (χ2n) is 7.33. The second-order valence-corrected chi connectivity index (χ2v) is 7.33. The van der Waals surface area contributed by atoms with Crippen LogP contribution in [0.5, 0.6) is 0 Å². The minimum absolute atomic E-state index is 0.185. The van der Waals surface area contributed by atoms with E-state index in [0.29, 0.717) is 17.9 Å². The SMILES string of the molecule is CCCCc1ncc(CO)c(=O)n1Cc1ccc(-c2ccccc2-c2nn[nH]n2)cc1. The molecule has 2 N–H and O–H groups in total. The van der Waals surface area contributed by atoms with Crippen molar-refractivity contribution in [2.45, 2.75) is 39.3 Å². The molecule has 2 aromatic heterocycles. The van der Waals surface area contributed by atoms with E-state index in [0.717, 1.165) is 47.3 Å². The summed E-state index contributed by atoms with van der Waals surface area (Å²) in [5.41, 5.74) is 4.02. The van der Waals surface area contributed by atoms with Crippen LogP contribution in [0.3, 0.4) is 0 Å². The Hall–Kier alpha value is -3.65. The smallest absolute Gasteiger partial charge is 0.259 e. The summed E-state index contributed by atoms with van der Waals surface area (Å²) in [6, 6.07) is 15.9. The Morgan fingerprint density at radius 2 is 1.84 bits per heavy atom. The Balaban J connectivity index is 1.65. The molecule has 0 spiro atoms. The molecule has 158 valence electrons. The summed E-state index contributed by atoms with van der Waals surface area (Å²) >= 11 is 0. The predicted octanol–water partition coefficient (Wildman–Crippen LogP) is 2.97. The number of rotatable bonds is 8. The fraction of sp³-hybridized carbons (Fsp3) is 0.261. The van der Waals surface area contributed by atoms with Crippen LogP contribution < -0.4 is 5.56 Å². The van der Waals surface area contributed by atoms with Crippen molar-refractivity contribution in [3.63, 3.8) is 0 Å². The molecule has 0 bridgehead atoms. The van der Waals surface area contributed by atoms with E-state index in [2.05, 4.69) is 32.5 Å². The van der Waals surface area contributed by atoms with Crippen molar-refractivity contribution in [2.24, 2.45) is 0 Å². The van der Waals surface area contributed by atoms with Crippen LogP contribution in [0.1, 0.15) is 36.7 Å². The van der Waals surface area contributed by atoms with Crippen LogP contribution in [-0.4, -0.2) is 35.3 Å². The van der Waals surface area contributed by atoms with Crippen molar-refractivity contribution >= 4 is 0 Å². The van der Waals surface area contributed by atoms with E-state index in [-0.39, 0.29) is 12.2 Å². The van der Waals surface area contributed by atoms with E-state index in [1.807, 2.05) is 48.5 Å². The highest BCUT2D eigenvalue weighted by atomic mass is 16.3. The second kappa shape index (κ2) is 9.44. The molecule has 4 aromatic rings. The zero-order chi connectivity index (χ0) is 21.6. The molecule has 0 saturated heterocycles. The molecule has 0 fully saturated rings. The minimum Gasteiger partial charge on any atom is -0.391 e. The number of hydrogen-bond donors (Lipinski definition) is 2. The molecule has 0 aliphatic heterocycles. The molecule has 0 atom stereocenters. The molecule has 0 unspecified atom stereocenters. The number of hydrogen-bond acceptors (Lipinski definition) is 6. The maximum atomic E-state index is 12.8. The van der Waals surface area contributed by atoms with Crippen LogP contribution in [0.4, 0.5) is 0 Å². The van der Waals surface area contributed by atoms with Gasteiger partial charge in [-0.15, -0.1) is 10.2 Å². The molecule has 0 aliphatic rings. The Labute approximate surface area is 179 Å². The number of nitrogens with one attached hydrogen (secondary N) is 1. The van der Waals surface area contributed by atoms with Gasteiger partial charge in [0.15, 0.2) is 0 Å². The van der Waals surface area contributed by atoms with E-state index >= 15 is 0 Å². The number of H-pyrrole nitrogens is 1. The fourth-order valence-electron chi connectivity index (χ4n) is 3.55. The van der Waals surface area contributed by atoms with Crippen molar-refractivity contribution in [1.29, 1.82) is 0 Å². The molecular weight excluding hydrogens is 392 g/mol. The third-order valence-electron chi connectivity index (χ3n) is 5.24. The number of aliphatic hydroxyl groups excluding tert-OH is 1. The lowest BCUT2D eigenvalue weighted by molar-refractivity contribution is 0.278. The van der Waals surface area contributed by atoms with E-state index in [1.54, 1.807) is 4.57 Å². The van der Waals surface area contributed by atoms with Crippen LogP contribution in [0.15, 0.2) is 59.5 Å². The van der Waals surface area contributed by atoms with Crippen molar-refractivity contribution < 1.29 is 5.11 Å². The van der Waals surface area contributed by atoms with E-state index < -0.39 is 0 Å². The molecule has 0 amide bonds. The first-order valence-corrected chi connectivity index (χ1v) is 10.3. The highest BCUT2D eigenvalue weighted by molar-refractivity contribution is 5.80. The van der Waals surface area contributed by atoms with Gasteiger partial charge in [0.2, 0.25) is 5.82 Å². The van der Waals surface area contributed by atoms with E-state index in [4.69, 9.17) is 0 Å². The number of aryl methyl sites for hydroxylation is 1. The number of aromatic nitrogens is 6. The van der Waals surface area contributed by atoms with Gasteiger partial charge in [-0.25, -0.2) is 4.98 Å². The quantitative estimate of drug-likeness (QED) is 0.457. The zero-order valence-electron chi connectivity index (χ0n) is 17.3. The zero-order valence-corrected chi connectivity index (χ0v) is 17.3. The van der Waals surface area contributed by atoms with Gasteiger partial charge in [0, 0.05) is 18.2 Å². The monoisotopic (exact) mass is 416 g/mol. The normalized spacial score (nSPS) is 11.0. The summed E-state index contributed by atoms with van der Waals surface area (Å²) in [7, 11) is 0. The average Bonchev–Trinajstić information content (AvgIpc) is 3.35. The Morgan fingerprint density at radius 3 is 2.52 bits per heavy atom. The lowest BCUT2D eigenvalue weighted by Crippen LogP contribution is -2.28. The lowest BCUT2D eigenvalue weighted by Gasteiger charge is -2.14. The average molecular weight is 416 g/mol. The molecule has 0 saturated carbocycles. The van der Waals surface area contributed by atoms with E-state index in [1.165, 1.54) is 6.20 Å². The van der Waals surface area contributed by atoms with Crippen LogP contribution in [-0.2, 0) is 19.6 Å². The van der Waals surface area contributed by atoms with Gasteiger partial charge in [0.1, 0.15) is 5.82 Å².